The third-order valence-electron chi connectivity index (χ3n) is 10.2. The molecule has 2 heterocycles. The summed E-state index contributed by atoms with van der Waals surface area (Å²) in [6.07, 6.45) is -9.97. The summed E-state index contributed by atoms with van der Waals surface area (Å²) in [6.45, 7) is -2.24. The van der Waals surface area contributed by atoms with Gasteiger partial charge in [-0.25, -0.2) is 9.97 Å². The fourth-order valence-corrected chi connectivity index (χ4v) is 6.49. The number of nitrogen functional groups attached to an aromatic ring is 1. The molecule has 2 aromatic carbocycles. The van der Waals surface area contributed by atoms with Crippen molar-refractivity contribution in [3.8, 4) is 11.1 Å². The number of amides is 2. The molecule has 0 saturated heterocycles. The number of carbonyl (C=O) groups excluding carboxylic acids is 2. The molecule has 340 valence electrons. The van der Waals surface area contributed by atoms with Crippen molar-refractivity contribution in [3.63, 3.8) is 0 Å². The van der Waals surface area contributed by atoms with E-state index >= 15 is 0 Å². The summed E-state index contributed by atoms with van der Waals surface area (Å²) in [5.41, 5.74) is 10.8. The molecule has 8 unspecified atom stereocenters. The van der Waals surface area contributed by atoms with Gasteiger partial charge in [-0.05, 0) is 54.0 Å². The number of anilines is 1. The van der Waals surface area contributed by atoms with Crippen LogP contribution >= 0.6 is 0 Å². The Morgan fingerprint density at radius 1 is 0.694 bits per heavy atom. The van der Waals surface area contributed by atoms with Gasteiger partial charge >= 0.3 is 0 Å². The third kappa shape index (κ3) is 14.7. The van der Waals surface area contributed by atoms with Crippen LogP contribution in [0.15, 0.2) is 60.8 Å². The lowest BCUT2D eigenvalue weighted by atomic mass is 9.99. The number of aromatic amines is 1. The number of fused-ring (bicyclic) bond motifs is 1. The van der Waals surface area contributed by atoms with Crippen LogP contribution in [0.4, 0.5) is 5.82 Å². The van der Waals surface area contributed by atoms with E-state index < -0.39 is 81.0 Å². The van der Waals surface area contributed by atoms with Crippen LogP contribution in [0.5, 0.6) is 0 Å². The first-order chi connectivity index (χ1) is 29.6. The van der Waals surface area contributed by atoms with E-state index in [1.165, 1.54) is 4.90 Å². The predicted octanol–water partition coefficient (Wildman–Crippen LogP) is -3.29. The normalized spacial score (nSPS) is 15.6. The number of benzene rings is 2. The van der Waals surface area contributed by atoms with Crippen LogP contribution in [0.25, 0.3) is 22.3 Å². The van der Waals surface area contributed by atoms with Crippen LogP contribution in [0.3, 0.4) is 0 Å². The van der Waals surface area contributed by atoms with Crippen LogP contribution in [0.2, 0.25) is 0 Å². The molecule has 0 radical (unpaired) electrons. The van der Waals surface area contributed by atoms with E-state index in [0.29, 0.717) is 24.1 Å². The number of H-pyrrole nitrogens is 1. The topological polar surface area (TPSA) is 367 Å². The molecule has 0 aliphatic heterocycles. The molecular weight excluding hydrogens is 811 g/mol. The summed E-state index contributed by atoms with van der Waals surface area (Å²) in [6, 6.07) is 17.6. The van der Waals surface area contributed by atoms with Crippen LogP contribution in [-0.2, 0) is 17.6 Å². The monoisotopic (exact) mass is 869 g/mol. The number of aryl methyl sites for hydroxylation is 2. The predicted molar refractivity (Wildman–Crippen MR) is 226 cm³/mol. The average Bonchev–Trinajstić information content (AvgIpc) is 3.73. The zero-order valence-corrected chi connectivity index (χ0v) is 34.1. The third-order valence-corrected chi connectivity index (χ3v) is 10.2. The summed E-state index contributed by atoms with van der Waals surface area (Å²) >= 11 is 0. The number of nitrogens with zero attached hydrogens (tertiary/aromatic N) is 3. The molecule has 0 saturated carbocycles. The number of nitrogens with one attached hydrogen (secondary N) is 5. The molecule has 0 fully saturated rings. The van der Waals surface area contributed by atoms with Crippen molar-refractivity contribution in [2.75, 3.05) is 51.7 Å². The fraction of sp³-hybridized carbons (Fsp3) is 0.488. The Kier molecular flexibility index (Phi) is 19.5. The van der Waals surface area contributed by atoms with Crippen molar-refractivity contribution in [2.24, 2.45) is 0 Å². The highest BCUT2D eigenvalue weighted by molar-refractivity contribution is 6.06. The van der Waals surface area contributed by atoms with Crippen molar-refractivity contribution in [1.29, 1.82) is 5.41 Å². The number of nitrogens with two attached hydrogens (primary N) is 1. The molecule has 0 aliphatic carbocycles. The summed E-state index contributed by atoms with van der Waals surface area (Å²) in [5.74, 6) is -1.13. The van der Waals surface area contributed by atoms with Crippen LogP contribution in [-0.4, -0.2) is 183 Å². The minimum atomic E-state index is -1.92. The van der Waals surface area contributed by atoms with Crippen molar-refractivity contribution in [2.45, 2.75) is 80.9 Å². The number of unbranched alkanes of at least 4 members (excludes halogenated alkanes) is 1. The van der Waals surface area contributed by atoms with Crippen LogP contribution in [0, 0.1) is 5.41 Å². The molecule has 0 spiro atoms. The zero-order chi connectivity index (χ0) is 45.3. The highest BCUT2D eigenvalue weighted by atomic mass is 16.4. The van der Waals surface area contributed by atoms with Gasteiger partial charge in [-0.3, -0.25) is 25.2 Å². The van der Waals surface area contributed by atoms with E-state index in [9.17, 15) is 50.4 Å². The Morgan fingerprint density at radius 3 is 1.77 bits per heavy atom. The van der Waals surface area contributed by atoms with Gasteiger partial charge < -0.3 is 72.4 Å². The highest BCUT2D eigenvalue weighted by Crippen LogP contribution is 2.22. The van der Waals surface area contributed by atoms with E-state index in [4.69, 9.17) is 21.4 Å². The Bertz CT molecular complexity index is 1980. The number of guanidine groups is 1. The van der Waals surface area contributed by atoms with Gasteiger partial charge in [0.1, 0.15) is 42.1 Å². The number of hydrogen-bond donors (Lipinski definition) is 16. The summed E-state index contributed by atoms with van der Waals surface area (Å²) < 4.78 is 0. The maximum atomic E-state index is 12.7. The van der Waals surface area contributed by atoms with Gasteiger partial charge in [-0.1, -0.05) is 48.5 Å². The van der Waals surface area contributed by atoms with E-state index in [1.54, 1.807) is 12.3 Å². The van der Waals surface area contributed by atoms with Gasteiger partial charge in [0.15, 0.2) is 23.1 Å². The van der Waals surface area contributed by atoms with Crippen molar-refractivity contribution < 1.29 is 60.7 Å². The smallest absolute Gasteiger partial charge is 0.280 e. The van der Waals surface area contributed by atoms with Crippen LogP contribution in [0.1, 0.15) is 40.9 Å². The van der Waals surface area contributed by atoms with Gasteiger partial charge in [0, 0.05) is 45.3 Å². The number of hydrogen-bond acceptors (Lipinski definition) is 17. The van der Waals surface area contributed by atoms with Crippen molar-refractivity contribution in [3.05, 3.63) is 77.6 Å². The molecule has 0 aliphatic rings. The lowest BCUT2D eigenvalue weighted by molar-refractivity contribution is -0.130. The van der Waals surface area contributed by atoms with E-state index in [0.717, 1.165) is 41.5 Å². The van der Waals surface area contributed by atoms with Crippen molar-refractivity contribution in [1.82, 2.24) is 35.8 Å². The second-order valence-electron chi connectivity index (χ2n) is 15.0. The largest absolute Gasteiger partial charge is 0.394 e. The maximum absolute atomic E-state index is 12.7. The first kappa shape index (κ1) is 49.5. The molecule has 4 rings (SSSR count). The first-order valence-corrected chi connectivity index (χ1v) is 20.2. The van der Waals surface area contributed by atoms with E-state index in [2.05, 4.69) is 43.0 Å². The van der Waals surface area contributed by atoms with E-state index in [-0.39, 0.29) is 42.9 Å². The van der Waals surface area contributed by atoms with E-state index in [1.807, 2.05) is 36.4 Å². The van der Waals surface area contributed by atoms with Crippen molar-refractivity contribution >= 4 is 34.8 Å². The summed E-state index contributed by atoms with van der Waals surface area (Å²) in [5, 5.41) is 115. The summed E-state index contributed by atoms with van der Waals surface area (Å²) in [4.78, 5) is 37.8. The van der Waals surface area contributed by atoms with Crippen LogP contribution < -0.4 is 21.7 Å². The molecule has 8 atom stereocenters. The molecule has 21 heteroatoms. The van der Waals surface area contributed by atoms with Gasteiger partial charge in [0.2, 0.25) is 5.91 Å². The minimum Gasteiger partial charge on any atom is -0.394 e. The molecule has 21 nitrogen and oxygen atoms in total. The Morgan fingerprint density at radius 2 is 1.23 bits per heavy atom. The van der Waals surface area contributed by atoms with Gasteiger partial charge in [0.05, 0.1) is 25.4 Å². The molecular formula is C41H59N9O12. The number of carbonyl (C=O) groups is 2. The number of rotatable bonds is 25. The molecule has 2 amide bonds. The Balaban J connectivity index is 1.17. The standard InChI is InChI=1S/C41H59N9O12/c42-38-33(47-27-14-16-45-39(27)48-38)40(62)49-41(43)46-15-2-1-3-23-4-9-25(10-5-23)26-11-6-24(7-12-26)8-13-32(57)44-17-18-50(19-28(53)34(58)36(60)30(55)21-51)20-29(54)35(59)37(61)31(56)22-52/h4-7,9-12,14,16,28-31,34-37,51-56,58-61H,1-3,8,13,15,17-22H2,(H,44,57)(H3,42,45,48)(H3,43,46,49,62). The maximum Gasteiger partial charge on any atom is 0.280 e. The lowest BCUT2D eigenvalue weighted by Gasteiger charge is -2.33. The Labute approximate surface area is 357 Å². The SMILES string of the molecule is N=C(NCCCCc1ccc(-c2ccc(CCC(=O)NCCN(CC(O)C(O)C(O)C(O)CO)CC(O)C(O)C(O)C(O)CO)cc2)cc1)NC(=O)c1nc2cc[nH]c2nc1N. The Hall–Kier alpha value is -5.17. The minimum absolute atomic E-state index is 0.00977. The molecule has 4 aromatic rings. The molecule has 62 heavy (non-hydrogen) atoms. The average molecular weight is 870 g/mol. The van der Waals surface area contributed by atoms with Gasteiger partial charge in [-0.15, -0.1) is 0 Å². The van der Waals surface area contributed by atoms with Gasteiger partial charge in [0.25, 0.3) is 5.91 Å². The zero-order valence-electron chi connectivity index (χ0n) is 34.1. The quantitative estimate of drug-likeness (QED) is 0.0176. The fourth-order valence-electron chi connectivity index (χ4n) is 6.49. The molecule has 2 aromatic heterocycles. The number of aliphatic hydroxyl groups excluding tert-OH is 10. The highest BCUT2D eigenvalue weighted by Gasteiger charge is 2.34. The molecule has 17 N–H and O–H groups in total. The lowest BCUT2D eigenvalue weighted by Crippen LogP contribution is -2.54. The second-order valence-corrected chi connectivity index (χ2v) is 15.0. The molecule has 0 bridgehead atoms. The summed E-state index contributed by atoms with van der Waals surface area (Å²) in [7, 11) is 0. The number of aliphatic hydroxyl groups is 10. The first-order valence-electron chi connectivity index (χ1n) is 20.2. The number of aromatic nitrogens is 3. The second kappa shape index (κ2) is 24.5. The van der Waals surface area contributed by atoms with Gasteiger partial charge in [-0.2, -0.15) is 0 Å².